The highest BCUT2D eigenvalue weighted by molar-refractivity contribution is 7.99. The van der Waals surface area contributed by atoms with E-state index < -0.39 is 0 Å². The molecular weight excluding hydrogens is 258 g/mol. The van der Waals surface area contributed by atoms with E-state index in [1.807, 2.05) is 31.2 Å². The number of nitrogens with one attached hydrogen (secondary N) is 2. The van der Waals surface area contributed by atoms with Crippen LogP contribution in [0.4, 0.5) is 10.5 Å². The number of amides is 2. The summed E-state index contributed by atoms with van der Waals surface area (Å²) in [5.74, 6) is 0. The predicted octanol–water partition coefficient (Wildman–Crippen LogP) is 2.97. The highest BCUT2D eigenvalue weighted by Gasteiger charge is 2.04. The Morgan fingerprint density at radius 3 is 2.47 bits per heavy atom. The number of hydrogen-bond donors (Lipinski definition) is 3. The Morgan fingerprint density at radius 1 is 1.32 bits per heavy atom. The minimum atomic E-state index is -0.165. The topological polar surface area (TPSA) is 67.2 Å². The lowest BCUT2D eigenvalue weighted by Gasteiger charge is -2.11. The van der Waals surface area contributed by atoms with Crippen LogP contribution in [0.2, 0.25) is 0 Å². The van der Waals surface area contributed by atoms with Crippen LogP contribution >= 0.6 is 11.8 Å². The Labute approximate surface area is 119 Å². The molecule has 1 aromatic carbocycles. The zero-order chi connectivity index (χ0) is 14.3. The Balaban J connectivity index is 2.36. The van der Waals surface area contributed by atoms with Crippen LogP contribution in [0.5, 0.6) is 0 Å². The summed E-state index contributed by atoms with van der Waals surface area (Å²) in [6.07, 6.45) is 3.04. The van der Waals surface area contributed by atoms with Crippen LogP contribution in [0.1, 0.15) is 31.9 Å². The van der Waals surface area contributed by atoms with Crippen molar-refractivity contribution in [1.29, 1.82) is 0 Å². The van der Waals surface area contributed by atoms with Crippen LogP contribution < -0.4 is 16.4 Å². The highest BCUT2D eigenvalue weighted by atomic mass is 32.2. The van der Waals surface area contributed by atoms with E-state index in [2.05, 4.69) is 23.8 Å². The van der Waals surface area contributed by atoms with Crippen molar-refractivity contribution in [2.75, 3.05) is 18.1 Å². The molecule has 0 aliphatic rings. The number of urea groups is 1. The van der Waals surface area contributed by atoms with Crippen LogP contribution in [0.3, 0.4) is 0 Å². The van der Waals surface area contributed by atoms with Gasteiger partial charge >= 0.3 is 6.03 Å². The van der Waals surface area contributed by atoms with Gasteiger partial charge in [0.05, 0.1) is 0 Å². The maximum Gasteiger partial charge on any atom is 0.319 e. The second-order valence-corrected chi connectivity index (χ2v) is 5.90. The van der Waals surface area contributed by atoms with Crippen molar-refractivity contribution in [3.8, 4) is 0 Å². The van der Waals surface area contributed by atoms with Gasteiger partial charge in [0.2, 0.25) is 0 Å². The third-order valence-corrected chi connectivity index (χ3v) is 3.97. The van der Waals surface area contributed by atoms with Gasteiger partial charge in [0.25, 0.3) is 0 Å². The lowest BCUT2D eigenvalue weighted by Crippen LogP contribution is -2.30. The molecule has 1 aromatic rings. The Hall–Kier alpha value is -1.20. The SMILES string of the molecule is CSC(C)CCNC(=O)Nc1ccc(C(C)N)cc1. The molecule has 0 saturated heterocycles. The van der Waals surface area contributed by atoms with Crippen molar-refractivity contribution in [1.82, 2.24) is 5.32 Å². The Morgan fingerprint density at radius 2 is 1.95 bits per heavy atom. The lowest BCUT2D eigenvalue weighted by molar-refractivity contribution is 0.252. The molecule has 2 unspecified atom stereocenters. The monoisotopic (exact) mass is 281 g/mol. The molecule has 2 amide bonds. The second-order valence-electron chi connectivity index (χ2n) is 4.63. The van der Waals surface area contributed by atoms with Crippen molar-refractivity contribution in [2.45, 2.75) is 31.6 Å². The molecule has 1 rings (SSSR count). The van der Waals surface area contributed by atoms with E-state index in [-0.39, 0.29) is 12.1 Å². The number of nitrogens with two attached hydrogens (primary N) is 1. The zero-order valence-corrected chi connectivity index (χ0v) is 12.6. The minimum Gasteiger partial charge on any atom is -0.338 e. The molecule has 4 nitrogen and oxygen atoms in total. The predicted molar refractivity (Wildman–Crippen MR) is 83.7 cm³/mol. The Kier molecular flexibility index (Phi) is 6.73. The summed E-state index contributed by atoms with van der Waals surface area (Å²) in [4.78, 5) is 11.6. The molecule has 0 fully saturated rings. The fraction of sp³-hybridized carbons (Fsp3) is 0.500. The number of anilines is 1. The van der Waals surface area contributed by atoms with Crippen molar-refractivity contribution in [3.63, 3.8) is 0 Å². The molecular formula is C14H23N3OS. The molecule has 0 aliphatic carbocycles. The molecule has 0 radical (unpaired) electrons. The van der Waals surface area contributed by atoms with Gasteiger partial charge in [-0.25, -0.2) is 4.79 Å². The van der Waals surface area contributed by atoms with Crippen LogP contribution in [-0.2, 0) is 0 Å². The molecule has 19 heavy (non-hydrogen) atoms. The van der Waals surface area contributed by atoms with Crippen LogP contribution in [0, 0.1) is 0 Å². The summed E-state index contributed by atoms with van der Waals surface area (Å²) >= 11 is 1.80. The molecule has 0 heterocycles. The number of thioether (sulfide) groups is 1. The van der Waals surface area contributed by atoms with Gasteiger partial charge in [0.15, 0.2) is 0 Å². The fourth-order valence-electron chi connectivity index (χ4n) is 1.55. The van der Waals surface area contributed by atoms with E-state index in [1.165, 1.54) is 0 Å². The van der Waals surface area contributed by atoms with E-state index in [9.17, 15) is 4.79 Å². The maximum absolute atomic E-state index is 11.6. The summed E-state index contributed by atoms with van der Waals surface area (Å²) in [7, 11) is 0. The first-order valence-electron chi connectivity index (χ1n) is 6.46. The van der Waals surface area contributed by atoms with Gasteiger partial charge in [-0.3, -0.25) is 0 Å². The molecule has 5 heteroatoms. The lowest BCUT2D eigenvalue weighted by atomic mass is 10.1. The average Bonchev–Trinajstić information content (AvgIpc) is 2.39. The molecule has 2 atom stereocenters. The number of carbonyl (C=O) groups is 1. The van der Waals surface area contributed by atoms with Crippen molar-refractivity contribution in [2.24, 2.45) is 5.73 Å². The highest BCUT2D eigenvalue weighted by Crippen LogP contribution is 2.14. The van der Waals surface area contributed by atoms with Crippen LogP contribution in [0.25, 0.3) is 0 Å². The van der Waals surface area contributed by atoms with Crippen LogP contribution in [-0.4, -0.2) is 24.1 Å². The summed E-state index contributed by atoms with van der Waals surface area (Å²) in [5, 5.41) is 6.21. The first-order valence-corrected chi connectivity index (χ1v) is 7.75. The maximum atomic E-state index is 11.6. The van der Waals surface area contributed by atoms with Crippen molar-refractivity contribution >= 4 is 23.5 Å². The summed E-state index contributed by atoms with van der Waals surface area (Å²) in [6, 6.07) is 7.43. The third kappa shape index (κ3) is 5.98. The number of rotatable bonds is 6. The van der Waals surface area contributed by atoms with Gasteiger partial charge in [-0.2, -0.15) is 11.8 Å². The zero-order valence-electron chi connectivity index (χ0n) is 11.8. The Bertz CT molecular complexity index is 392. The number of carbonyl (C=O) groups excluding carboxylic acids is 1. The number of hydrogen-bond acceptors (Lipinski definition) is 3. The third-order valence-electron chi connectivity index (χ3n) is 2.93. The fourth-order valence-corrected chi connectivity index (χ4v) is 1.91. The van der Waals surface area contributed by atoms with Gasteiger partial charge in [0.1, 0.15) is 0 Å². The van der Waals surface area contributed by atoms with Gasteiger partial charge in [0, 0.05) is 23.5 Å². The molecule has 0 aromatic heterocycles. The normalized spacial score (nSPS) is 13.7. The molecule has 0 aliphatic heterocycles. The molecule has 4 N–H and O–H groups in total. The van der Waals surface area contributed by atoms with E-state index in [1.54, 1.807) is 11.8 Å². The van der Waals surface area contributed by atoms with Gasteiger partial charge in [-0.1, -0.05) is 19.1 Å². The molecule has 0 bridgehead atoms. The second kappa shape index (κ2) is 8.07. The summed E-state index contributed by atoms with van der Waals surface area (Å²) in [6.45, 7) is 4.77. The van der Waals surface area contributed by atoms with Crippen molar-refractivity contribution < 1.29 is 4.79 Å². The van der Waals surface area contributed by atoms with Gasteiger partial charge in [-0.05, 0) is 37.3 Å². The molecule has 0 spiro atoms. The van der Waals surface area contributed by atoms with Gasteiger partial charge in [-0.15, -0.1) is 0 Å². The van der Waals surface area contributed by atoms with E-state index in [0.717, 1.165) is 17.7 Å². The van der Waals surface area contributed by atoms with Gasteiger partial charge < -0.3 is 16.4 Å². The first kappa shape index (κ1) is 15.9. The van der Waals surface area contributed by atoms with Crippen LogP contribution in [0.15, 0.2) is 24.3 Å². The van der Waals surface area contributed by atoms with Crippen molar-refractivity contribution in [3.05, 3.63) is 29.8 Å². The largest absolute Gasteiger partial charge is 0.338 e. The summed E-state index contributed by atoms with van der Waals surface area (Å²) < 4.78 is 0. The molecule has 0 saturated carbocycles. The number of benzene rings is 1. The standard InChI is InChI=1S/C14H23N3OS/c1-10(19-3)8-9-16-14(18)17-13-6-4-12(5-7-13)11(2)15/h4-7,10-11H,8-9,15H2,1-3H3,(H2,16,17,18). The van der Waals surface area contributed by atoms with E-state index in [0.29, 0.717) is 11.8 Å². The molecule has 106 valence electrons. The first-order chi connectivity index (χ1) is 9.02. The smallest absolute Gasteiger partial charge is 0.319 e. The van der Waals surface area contributed by atoms with E-state index in [4.69, 9.17) is 5.73 Å². The quantitative estimate of drug-likeness (QED) is 0.751. The average molecular weight is 281 g/mol. The summed E-state index contributed by atoms with van der Waals surface area (Å²) in [5.41, 5.74) is 7.60. The van der Waals surface area contributed by atoms with E-state index >= 15 is 0 Å². The minimum absolute atomic E-state index is 0.0101.